The van der Waals surface area contributed by atoms with Crippen LogP contribution in [0.3, 0.4) is 0 Å². The Bertz CT molecular complexity index is 1140. The monoisotopic (exact) mass is 389 g/mol. The molecule has 0 bridgehead atoms. The summed E-state index contributed by atoms with van der Waals surface area (Å²) in [6.07, 6.45) is 1.65. The number of fused-ring (bicyclic) bond motifs is 1. The van der Waals surface area contributed by atoms with Gasteiger partial charge >= 0.3 is 0 Å². The van der Waals surface area contributed by atoms with Gasteiger partial charge in [0.15, 0.2) is 5.76 Å². The zero-order valence-corrected chi connectivity index (χ0v) is 16.6. The van der Waals surface area contributed by atoms with Gasteiger partial charge in [-0.25, -0.2) is 15.0 Å². The first-order valence-electron chi connectivity index (χ1n) is 9.87. The Morgan fingerprint density at radius 3 is 2.55 bits per heavy atom. The third-order valence-corrected chi connectivity index (χ3v) is 5.41. The number of piperazine rings is 1. The highest BCUT2D eigenvalue weighted by atomic mass is 16.4. The second-order valence-electron chi connectivity index (χ2n) is 7.41. The van der Waals surface area contributed by atoms with E-state index < -0.39 is 0 Å². The summed E-state index contributed by atoms with van der Waals surface area (Å²) >= 11 is 0. The summed E-state index contributed by atoms with van der Waals surface area (Å²) in [6.45, 7) is 8.38. The maximum absolute atomic E-state index is 5.84. The van der Waals surface area contributed by atoms with E-state index in [9.17, 15) is 0 Å². The maximum Gasteiger partial charge on any atom is 0.263 e. The molecule has 0 radical (unpaired) electrons. The number of hydrogen-bond acceptors (Lipinski definition) is 7. The van der Waals surface area contributed by atoms with E-state index in [1.54, 1.807) is 6.33 Å². The molecule has 1 aliphatic rings. The number of para-hydroxylation sites is 1. The number of hydrogen-bond donors (Lipinski definition) is 0. The maximum atomic E-state index is 5.84. The first-order chi connectivity index (χ1) is 14.2. The summed E-state index contributed by atoms with van der Waals surface area (Å²) in [6, 6.07) is 12.0. The van der Waals surface area contributed by atoms with Crippen molar-refractivity contribution in [1.82, 2.24) is 19.9 Å². The van der Waals surface area contributed by atoms with Crippen molar-refractivity contribution in [1.29, 1.82) is 0 Å². The number of rotatable bonds is 4. The average Bonchev–Trinajstić information content (AvgIpc) is 3.34. The summed E-state index contributed by atoms with van der Waals surface area (Å²) < 4.78 is 11.5. The van der Waals surface area contributed by atoms with Gasteiger partial charge < -0.3 is 13.7 Å². The van der Waals surface area contributed by atoms with Crippen LogP contribution in [0, 0.1) is 13.8 Å². The Kier molecular flexibility index (Phi) is 4.52. The third-order valence-electron chi connectivity index (χ3n) is 5.41. The molecule has 4 heterocycles. The van der Waals surface area contributed by atoms with E-state index >= 15 is 0 Å². The molecule has 148 valence electrons. The zero-order valence-electron chi connectivity index (χ0n) is 16.6. The fraction of sp³-hybridized carbons (Fsp3) is 0.318. The van der Waals surface area contributed by atoms with Crippen LogP contribution in [0.25, 0.3) is 22.6 Å². The minimum absolute atomic E-state index is 0.552. The number of benzene rings is 1. The van der Waals surface area contributed by atoms with Crippen LogP contribution in [0.1, 0.15) is 17.2 Å². The van der Waals surface area contributed by atoms with E-state index in [-0.39, 0.29) is 0 Å². The van der Waals surface area contributed by atoms with Crippen molar-refractivity contribution in [3.63, 3.8) is 0 Å². The molecule has 1 saturated heterocycles. The summed E-state index contributed by atoms with van der Waals surface area (Å²) in [7, 11) is 0. The van der Waals surface area contributed by atoms with Crippen LogP contribution in [0.5, 0.6) is 0 Å². The second kappa shape index (κ2) is 7.33. The molecule has 1 aromatic carbocycles. The largest absolute Gasteiger partial charge is 0.456 e. The predicted octanol–water partition coefficient (Wildman–Crippen LogP) is 3.82. The van der Waals surface area contributed by atoms with Gasteiger partial charge in [-0.15, -0.1) is 0 Å². The number of anilines is 1. The van der Waals surface area contributed by atoms with E-state index in [4.69, 9.17) is 8.83 Å². The number of aryl methyl sites for hydroxylation is 2. The van der Waals surface area contributed by atoms with Crippen LogP contribution < -0.4 is 4.90 Å². The fourth-order valence-electron chi connectivity index (χ4n) is 3.80. The van der Waals surface area contributed by atoms with Crippen LogP contribution in [-0.4, -0.2) is 46.0 Å². The standard InChI is InChI=1S/C22H23N5O2/c1-15-7-8-20(28-15)22-25-19(16(2)29-22)13-26-9-11-27(12-10-26)21-17-5-3-4-6-18(17)23-14-24-21/h3-8,14H,9-13H2,1-2H3. The lowest BCUT2D eigenvalue weighted by atomic mass is 10.2. The van der Waals surface area contributed by atoms with E-state index in [1.807, 2.05) is 44.2 Å². The second-order valence-corrected chi connectivity index (χ2v) is 7.41. The van der Waals surface area contributed by atoms with Gasteiger partial charge in [-0.05, 0) is 38.1 Å². The smallest absolute Gasteiger partial charge is 0.263 e. The van der Waals surface area contributed by atoms with E-state index in [0.717, 1.165) is 66.7 Å². The van der Waals surface area contributed by atoms with Gasteiger partial charge in [-0.1, -0.05) is 12.1 Å². The molecule has 4 aromatic rings. The van der Waals surface area contributed by atoms with E-state index in [2.05, 4.69) is 30.8 Å². The summed E-state index contributed by atoms with van der Waals surface area (Å²) in [5.74, 6) is 3.95. The van der Waals surface area contributed by atoms with E-state index in [1.165, 1.54) is 0 Å². The molecule has 7 heteroatoms. The van der Waals surface area contributed by atoms with Crippen LogP contribution >= 0.6 is 0 Å². The highest BCUT2D eigenvalue weighted by molar-refractivity contribution is 5.89. The Labute approximate surface area is 169 Å². The lowest BCUT2D eigenvalue weighted by Crippen LogP contribution is -2.46. The Morgan fingerprint density at radius 2 is 1.76 bits per heavy atom. The molecular formula is C22H23N5O2. The normalized spacial score (nSPS) is 15.3. The van der Waals surface area contributed by atoms with Crippen LogP contribution in [0.2, 0.25) is 0 Å². The lowest BCUT2D eigenvalue weighted by molar-refractivity contribution is 0.246. The molecular weight excluding hydrogens is 366 g/mol. The summed E-state index contributed by atoms with van der Waals surface area (Å²) in [4.78, 5) is 18.3. The Hall–Kier alpha value is -3.19. The molecule has 0 unspecified atom stereocenters. The molecule has 0 saturated carbocycles. The first kappa shape index (κ1) is 17.9. The Balaban J connectivity index is 1.27. The number of furan rings is 1. The van der Waals surface area contributed by atoms with Crippen molar-refractivity contribution in [3.8, 4) is 11.7 Å². The molecule has 1 fully saturated rings. The van der Waals surface area contributed by atoms with Crippen molar-refractivity contribution >= 4 is 16.7 Å². The molecule has 0 N–H and O–H groups in total. The topological polar surface area (TPSA) is 71.4 Å². The predicted molar refractivity (Wildman–Crippen MR) is 111 cm³/mol. The summed E-state index contributed by atoms with van der Waals surface area (Å²) in [5.41, 5.74) is 1.95. The molecule has 0 aliphatic carbocycles. The highest BCUT2D eigenvalue weighted by Crippen LogP contribution is 2.26. The van der Waals surface area contributed by atoms with Gasteiger partial charge in [-0.2, -0.15) is 0 Å². The fourth-order valence-corrected chi connectivity index (χ4v) is 3.80. The zero-order chi connectivity index (χ0) is 19.8. The Morgan fingerprint density at radius 1 is 0.931 bits per heavy atom. The highest BCUT2D eigenvalue weighted by Gasteiger charge is 2.22. The van der Waals surface area contributed by atoms with Crippen molar-refractivity contribution in [2.75, 3.05) is 31.1 Å². The van der Waals surface area contributed by atoms with Crippen LogP contribution in [-0.2, 0) is 6.54 Å². The molecule has 0 spiro atoms. The van der Waals surface area contributed by atoms with Crippen molar-refractivity contribution in [2.45, 2.75) is 20.4 Å². The molecule has 0 atom stereocenters. The molecule has 1 aliphatic heterocycles. The van der Waals surface area contributed by atoms with Gasteiger partial charge in [0.05, 0.1) is 11.2 Å². The molecule has 5 rings (SSSR count). The third kappa shape index (κ3) is 3.49. The lowest BCUT2D eigenvalue weighted by Gasteiger charge is -2.35. The average molecular weight is 389 g/mol. The van der Waals surface area contributed by atoms with Crippen LogP contribution in [0.4, 0.5) is 5.82 Å². The molecule has 29 heavy (non-hydrogen) atoms. The number of oxazole rings is 1. The molecule has 0 amide bonds. The minimum atomic E-state index is 0.552. The van der Waals surface area contributed by atoms with Gasteiger partial charge in [0.25, 0.3) is 5.89 Å². The first-order valence-corrected chi connectivity index (χ1v) is 9.87. The van der Waals surface area contributed by atoms with Crippen molar-refractivity contribution in [3.05, 3.63) is 59.9 Å². The summed E-state index contributed by atoms with van der Waals surface area (Å²) in [5, 5.41) is 1.11. The van der Waals surface area contributed by atoms with Crippen molar-refractivity contribution in [2.24, 2.45) is 0 Å². The molecule has 7 nitrogen and oxygen atoms in total. The number of aromatic nitrogens is 3. The SMILES string of the molecule is Cc1ccc(-c2nc(CN3CCN(c4ncnc5ccccc45)CC3)c(C)o2)o1. The van der Waals surface area contributed by atoms with Gasteiger partial charge in [0.2, 0.25) is 0 Å². The number of nitrogens with zero attached hydrogens (tertiary/aromatic N) is 5. The quantitative estimate of drug-likeness (QED) is 0.525. The minimum Gasteiger partial charge on any atom is -0.456 e. The van der Waals surface area contributed by atoms with E-state index in [0.29, 0.717) is 11.7 Å². The van der Waals surface area contributed by atoms with Gasteiger partial charge in [-0.3, -0.25) is 4.90 Å². The van der Waals surface area contributed by atoms with Crippen molar-refractivity contribution < 1.29 is 8.83 Å². The van der Waals surface area contributed by atoms with Crippen LogP contribution in [0.15, 0.2) is 51.6 Å². The molecule has 3 aromatic heterocycles. The van der Waals surface area contributed by atoms with Gasteiger partial charge in [0.1, 0.15) is 23.7 Å². The van der Waals surface area contributed by atoms with Gasteiger partial charge in [0, 0.05) is 38.1 Å².